The van der Waals surface area contributed by atoms with E-state index < -0.39 is 0 Å². The van der Waals surface area contributed by atoms with Crippen molar-refractivity contribution < 1.29 is 0 Å². The van der Waals surface area contributed by atoms with Gasteiger partial charge in [0.05, 0.1) is 0 Å². The fraction of sp³-hybridized carbons (Fsp3) is 1.00. The quantitative estimate of drug-likeness (QED) is 0.640. The van der Waals surface area contributed by atoms with Gasteiger partial charge in [-0.2, -0.15) is 0 Å². The van der Waals surface area contributed by atoms with Crippen LogP contribution >= 0.6 is 0 Å². The van der Waals surface area contributed by atoms with Crippen LogP contribution in [0.4, 0.5) is 0 Å². The first-order chi connectivity index (χ1) is 5.29. The summed E-state index contributed by atoms with van der Waals surface area (Å²) in [5.41, 5.74) is 0. The van der Waals surface area contributed by atoms with Crippen LogP contribution in [-0.4, -0.2) is 25.2 Å². The summed E-state index contributed by atoms with van der Waals surface area (Å²) in [5, 5.41) is 6.96. The summed E-state index contributed by atoms with van der Waals surface area (Å²) < 4.78 is 0. The van der Waals surface area contributed by atoms with Gasteiger partial charge in [0.1, 0.15) is 0 Å². The molecule has 1 saturated heterocycles. The third-order valence-corrected chi connectivity index (χ3v) is 2.18. The maximum Gasteiger partial charge on any atom is 0.0192 e. The topological polar surface area (TPSA) is 24.1 Å². The second kappa shape index (κ2) is 4.73. The predicted octanol–water partition coefficient (Wildman–Crippen LogP) is 1.13. The molecule has 1 heterocycles. The highest BCUT2D eigenvalue weighted by molar-refractivity contribution is 4.74. The third-order valence-electron chi connectivity index (χ3n) is 2.18. The number of rotatable bonds is 3. The van der Waals surface area contributed by atoms with Crippen molar-refractivity contribution in [1.82, 2.24) is 10.6 Å². The Bertz CT molecular complexity index is 95.7. The summed E-state index contributed by atoms with van der Waals surface area (Å²) in [7, 11) is 0. The molecule has 0 aromatic rings. The zero-order valence-corrected chi connectivity index (χ0v) is 7.69. The van der Waals surface area contributed by atoms with Gasteiger partial charge in [-0.25, -0.2) is 0 Å². The van der Waals surface area contributed by atoms with Crippen LogP contribution in [0.25, 0.3) is 0 Å². The lowest BCUT2D eigenvalue weighted by atomic mass is 10.1. The Morgan fingerprint density at radius 3 is 2.82 bits per heavy atom. The minimum atomic E-state index is 0.624. The van der Waals surface area contributed by atoms with E-state index in [-0.39, 0.29) is 0 Å². The molecule has 0 bridgehead atoms. The molecule has 2 heteroatoms. The fourth-order valence-corrected chi connectivity index (χ4v) is 1.48. The van der Waals surface area contributed by atoms with E-state index in [0.29, 0.717) is 6.04 Å². The molecular formula is C9H20N2. The Hall–Kier alpha value is -0.0800. The molecule has 66 valence electrons. The van der Waals surface area contributed by atoms with E-state index in [9.17, 15) is 0 Å². The second-order valence-electron chi connectivity index (χ2n) is 3.71. The van der Waals surface area contributed by atoms with E-state index >= 15 is 0 Å². The Balaban J connectivity index is 2.05. The molecule has 2 nitrogen and oxygen atoms in total. The highest BCUT2D eigenvalue weighted by Gasteiger charge is 2.11. The molecule has 0 saturated carbocycles. The molecular weight excluding hydrogens is 136 g/mol. The molecule has 1 atom stereocenters. The Morgan fingerprint density at radius 1 is 1.45 bits per heavy atom. The smallest absolute Gasteiger partial charge is 0.0192 e. The molecule has 1 fully saturated rings. The summed E-state index contributed by atoms with van der Waals surface area (Å²) in [6, 6.07) is 1.35. The van der Waals surface area contributed by atoms with E-state index in [0.717, 1.165) is 12.6 Å². The predicted molar refractivity (Wildman–Crippen MR) is 48.8 cm³/mol. The van der Waals surface area contributed by atoms with Crippen LogP contribution in [0.3, 0.4) is 0 Å². The minimum Gasteiger partial charge on any atom is -0.313 e. The van der Waals surface area contributed by atoms with Gasteiger partial charge in [-0.3, -0.25) is 0 Å². The highest BCUT2D eigenvalue weighted by Crippen LogP contribution is 2.05. The van der Waals surface area contributed by atoms with Crippen molar-refractivity contribution >= 4 is 0 Å². The molecule has 11 heavy (non-hydrogen) atoms. The van der Waals surface area contributed by atoms with E-state index in [4.69, 9.17) is 0 Å². The minimum absolute atomic E-state index is 0.624. The lowest BCUT2D eigenvalue weighted by Gasteiger charge is -2.24. The van der Waals surface area contributed by atoms with Crippen LogP contribution in [-0.2, 0) is 0 Å². The van der Waals surface area contributed by atoms with E-state index in [2.05, 4.69) is 24.5 Å². The number of nitrogens with one attached hydrogen (secondary N) is 2. The normalized spacial score (nSPS) is 25.9. The van der Waals surface area contributed by atoms with Crippen molar-refractivity contribution in [1.29, 1.82) is 0 Å². The molecule has 0 aliphatic carbocycles. The van der Waals surface area contributed by atoms with Gasteiger partial charge in [-0.1, -0.05) is 20.3 Å². The summed E-state index contributed by atoms with van der Waals surface area (Å²) >= 11 is 0. The van der Waals surface area contributed by atoms with Crippen molar-refractivity contribution in [2.75, 3.05) is 13.1 Å². The van der Waals surface area contributed by atoms with Crippen molar-refractivity contribution in [2.45, 2.75) is 45.2 Å². The number of hydrogen-bond acceptors (Lipinski definition) is 2. The van der Waals surface area contributed by atoms with Crippen LogP contribution in [0, 0.1) is 0 Å². The van der Waals surface area contributed by atoms with Gasteiger partial charge in [0.25, 0.3) is 0 Å². The molecule has 1 unspecified atom stereocenters. The summed E-state index contributed by atoms with van der Waals surface area (Å²) in [6.45, 7) is 6.74. The van der Waals surface area contributed by atoms with Crippen LogP contribution in [0.1, 0.15) is 33.1 Å². The Labute approximate surface area is 69.8 Å². The van der Waals surface area contributed by atoms with Gasteiger partial charge < -0.3 is 10.6 Å². The lowest BCUT2D eigenvalue weighted by Crippen LogP contribution is -2.43. The van der Waals surface area contributed by atoms with Crippen molar-refractivity contribution in [3.8, 4) is 0 Å². The van der Waals surface area contributed by atoms with Gasteiger partial charge in [0, 0.05) is 18.6 Å². The maximum atomic E-state index is 3.51. The monoisotopic (exact) mass is 156 g/mol. The van der Waals surface area contributed by atoms with E-state index in [1.165, 1.54) is 25.8 Å². The first-order valence-corrected chi connectivity index (χ1v) is 4.76. The van der Waals surface area contributed by atoms with Gasteiger partial charge in [-0.05, 0) is 19.4 Å². The molecule has 0 aromatic heterocycles. The van der Waals surface area contributed by atoms with Gasteiger partial charge in [0.2, 0.25) is 0 Å². The average Bonchev–Trinajstić information content (AvgIpc) is 2.03. The number of hydrogen-bond donors (Lipinski definition) is 2. The molecule has 0 amide bonds. The lowest BCUT2D eigenvalue weighted by molar-refractivity contribution is 0.374. The molecule has 2 N–H and O–H groups in total. The highest BCUT2D eigenvalue weighted by atomic mass is 15.0. The van der Waals surface area contributed by atoms with Crippen molar-refractivity contribution in [3.05, 3.63) is 0 Å². The van der Waals surface area contributed by atoms with Crippen LogP contribution in [0.2, 0.25) is 0 Å². The SMILES string of the molecule is CC(C)NCC1CCCCN1. The van der Waals surface area contributed by atoms with Crippen LogP contribution in [0.15, 0.2) is 0 Å². The summed E-state index contributed by atoms with van der Waals surface area (Å²) in [6.07, 6.45) is 4.11. The van der Waals surface area contributed by atoms with E-state index in [1.54, 1.807) is 0 Å². The van der Waals surface area contributed by atoms with Crippen molar-refractivity contribution in [2.24, 2.45) is 0 Å². The maximum absolute atomic E-state index is 3.51. The molecule has 0 aromatic carbocycles. The Kier molecular flexibility index (Phi) is 3.87. The first kappa shape index (κ1) is 9.01. The molecule has 1 aliphatic rings. The largest absolute Gasteiger partial charge is 0.313 e. The zero-order chi connectivity index (χ0) is 8.10. The third kappa shape index (κ3) is 3.73. The second-order valence-corrected chi connectivity index (χ2v) is 3.71. The van der Waals surface area contributed by atoms with Crippen LogP contribution < -0.4 is 10.6 Å². The van der Waals surface area contributed by atoms with Gasteiger partial charge >= 0.3 is 0 Å². The van der Waals surface area contributed by atoms with Gasteiger partial charge in [-0.15, -0.1) is 0 Å². The molecule has 1 rings (SSSR count). The first-order valence-electron chi connectivity index (χ1n) is 4.76. The van der Waals surface area contributed by atoms with Crippen LogP contribution in [0.5, 0.6) is 0 Å². The van der Waals surface area contributed by atoms with Gasteiger partial charge in [0.15, 0.2) is 0 Å². The summed E-state index contributed by atoms with van der Waals surface area (Å²) in [4.78, 5) is 0. The summed E-state index contributed by atoms with van der Waals surface area (Å²) in [5.74, 6) is 0. The zero-order valence-electron chi connectivity index (χ0n) is 7.69. The molecule has 1 aliphatic heterocycles. The molecule has 0 spiro atoms. The van der Waals surface area contributed by atoms with E-state index in [1.807, 2.05) is 0 Å². The number of piperidine rings is 1. The standard InChI is InChI=1S/C9H20N2/c1-8(2)11-7-9-5-3-4-6-10-9/h8-11H,3-7H2,1-2H3. The Morgan fingerprint density at radius 2 is 2.27 bits per heavy atom. The fourth-order valence-electron chi connectivity index (χ4n) is 1.48. The average molecular weight is 156 g/mol. The van der Waals surface area contributed by atoms with Crippen molar-refractivity contribution in [3.63, 3.8) is 0 Å². The molecule has 0 radical (unpaired) electrons.